The predicted octanol–water partition coefficient (Wildman–Crippen LogP) is 6.29. The molecule has 0 atom stereocenters. The number of aromatic nitrogens is 2. The van der Waals surface area contributed by atoms with Crippen molar-refractivity contribution in [2.45, 2.75) is 12.1 Å². The van der Waals surface area contributed by atoms with E-state index in [0.717, 1.165) is 18.2 Å². The number of carbonyl (C=O) groups excluding carboxylic acids is 1. The monoisotopic (exact) mass is 498 g/mol. The van der Waals surface area contributed by atoms with Crippen LogP contribution in [0.25, 0.3) is 27.8 Å². The summed E-state index contributed by atoms with van der Waals surface area (Å²) in [5.74, 6) is -3.27. The zero-order chi connectivity index (χ0) is 25.7. The number of halogens is 5. The molecule has 1 N–H and O–H groups in total. The SMILES string of the molecule is C=CC(=O)Nc1cc(N2CC(F)(F)C2)cc(-n2nc(-c3ccc(C(F)(F)F)cc3)c3ccccc32)c1. The number of rotatable bonds is 5. The molecule has 1 aliphatic heterocycles. The van der Waals surface area contributed by atoms with E-state index in [4.69, 9.17) is 0 Å². The Kier molecular flexibility index (Phi) is 5.54. The van der Waals surface area contributed by atoms with Crippen molar-refractivity contribution in [3.05, 3.63) is 84.9 Å². The number of anilines is 2. The highest BCUT2D eigenvalue weighted by atomic mass is 19.4. The van der Waals surface area contributed by atoms with Crippen LogP contribution in [0, 0.1) is 0 Å². The Morgan fingerprint density at radius 2 is 1.67 bits per heavy atom. The number of benzene rings is 3. The lowest BCUT2D eigenvalue weighted by Crippen LogP contribution is -2.56. The first kappa shape index (κ1) is 23.5. The molecule has 5 nitrogen and oxygen atoms in total. The number of carbonyl (C=O) groups is 1. The molecule has 36 heavy (non-hydrogen) atoms. The van der Waals surface area contributed by atoms with Gasteiger partial charge in [0.2, 0.25) is 5.91 Å². The average molecular weight is 498 g/mol. The van der Waals surface area contributed by atoms with Crippen LogP contribution in [0.4, 0.5) is 33.3 Å². The van der Waals surface area contributed by atoms with Crippen molar-refractivity contribution in [3.63, 3.8) is 0 Å². The van der Waals surface area contributed by atoms with Crippen LogP contribution in [0.2, 0.25) is 0 Å². The minimum absolute atomic E-state index is 0.360. The summed E-state index contributed by atoms with van der Waals surface area (Å²) >= 11 is 0. The fraction of sp³-hybridized carbons (Fsp3) is 0.154. The second kappa shape index (κ2) is 8.47. The van der Waals surface area contributed by atoms with E-state index >= 15 is 0 Å². The van der Waals surface area contributed by atoms with Crippen LogP contribution in [-0.4, -0.2) is 34.7 Å². The van der Waals surface area contributed by atoms with Crippen LogP contribution < -0.4 is 10.2 Å². The van der Waals surface area contributed by atoms with E-state index in [1.165, 1.54) is 17.0 Å². The number of para-hydroxylation sites is 1. The summed E-state index contributed by atoms with van der Waals surface area (Å²) < 4.78 is 67.8. The van der Waals surface area contributed by atoms with Crippen LogP contribution in [0.3, 0.4) is 0 Å². The summed E-state index contributed by atoms with van der Waals surface area (Å²) in [5.41, 5.74) is 2.13. The Balaban J connectivity index is 1.63. The van der Waals surface area contributed by atoms with Gasteiger partial charge in [0.05, 0.1) is 29.9 Å². The molecule has 1 saturated heterocycles. The predicted molar refractivity (Wildman–Crippen MR) is 127 cm³/mol. The zero-order valence-corrected chi connectivity index (χ0v) is 18.7. The van der Waals surface area contributed by atoms with Gasteiger partial charge < -0.3 is 10.2 Å². The van der Waals surface area contributed by atoms with Gasteiger partial charge in [-0.25, -0.2) is 13.5 Å². The van der Waals surface area contributed by atoms with E-state index in [2.05, 4.69) is 17.0 Å². The third-order valence-corrected chi connectivity index (χ3v) is 5.88. The molecular weight excluding hydrogens is 479 g/mol. The van der Waals surface area contributed by atoms with E-state index in [1.807, 2.05) is 0 Å². The number of nitrogens with zero attached hydrogens (tertiary/aromatic N) is 3. The highest BCUT2D eigenvalue weighted by molar-refractivity contribution is 6.00. The van der Waals surface area contributed by atoms with Gasteiger partial charge in [-0.2, -0.15) is 18.3 Å². The summed E-state index contributed by atoms with van der Waals surface area (Å²) in [7, 11) is 0. The Hall–Kier alpha value is -4.21. The average Bonchev–Trinajstić information content (AvgIpc) is 3.21. The van der Waals surface area contributed by atoms with Gasteiger partial charge in [-0.05, 0) is 42.5 Å². The number of amides is 1. The second-order valence-electron chi connectivity index (χ2n) is 8.50. The topological polar surface area (TPSA) is 50.2 Å². The summed E-state index contributed by atoms with van der Waals surface area (Å²) in [5, 5.41) is 8.01. The molecule has 5 rings (SSSR count). The van der Waals surface area contributed by atoms with Gasteiger partial charge >= 0.3 is 6.18 Å². The number of fused-ring (bicyclic) bond motifs is 1. The van der Waals surface area contributed by atoms with E-state index in [-0.39, 0.29) is 0 Å². The van der Waals surface area contributed by atoms with Crippen molar-refractivity contribution < 1.29 is 26.7 Å². The molecule has 0 spiro atoms. The maximum Gasteiger partial charge on any atom is 0.416 e. The minimum atomic E-state index is -4.46. The van der Waals surface area contributed by atoms with Gasteiger partial charge in [-0.15, -0.1) is 0 Å². The van der Waals surface area contributed by atoms with E-state index in [1.54, 1.807) is 47.1 Å². The highest BCUT2D eigenvalue weighted by Crippen LogP contribution is 2.37. The molecule has 1 aliphatic rings. The fourth-order valence-corrected chi connectivity index (χ4v) is 4.15. The Bertz CT molecular complexity index is 1470. The van der Waals surface area contributed by atoms with E-state index in [0.29, 0.717) is 39.2 Å². The van der Waals surface area contributed by atoms with Crippen LogP contribution >= 0.6 is 0 Å². The fourth-order valence-electron chi connectivity index (χ4n) is 4.15. The van der Waals surface area contributed by atoms with Gasteiger partial charge in [-0.3, -0.25) is 4.79 Å². The van der Waals surface area contributed by atoms with Crippen molar-refractivity contribution in [1.82, 2.24) is 9.78 Å². The highest BCUT2D eigenvalue weighted by Gasteiger charge is 2.44. The zero-order valence-electron chi connectivity index (χ0n) is 18.7. The lowest BCUT2D eigenvalue weighted by Gasteiger charge is -2.40. The van der Waals surface area contributed by atoms with E-state index < -0.39 is 36.7 Å². The molecule has 0 aliphatic carbocycles. The van der Waals surface area contributed by atoms with Crippen molar-refractivity contribution in [2.75, 3.05) is 23.3 Å². The maximum absolute atomic E-state index is 13.6. The third kappa shape index (κ3) is 4.41. The van der Waals surface area contributed by atoms with Gasteiger partial charge in [-0.1, -0.05) is 36.9 Å². The normalized spacial score (nSPS) is 15.0. The van der Waals surface area contributed by atoms with E-state index in [9.17, 15) is 26.7 Å². The number of alkyl halides is 5. The minimum Gasteiger partial charge on any atom is -0.359 e. The summed E-state index contributed by atoms with van der Waals surface area (Å²) in [6.07, 6.45) is -3.36. The molecule has 1 aromatic heterocycles. The third-order valence-electron chi connectivity index (χ3n) is 5.88. The number of hydrogen-bond donors (Lipinski definition) is 1. The van der Waals surface area contributed by atoms with Crippen molar-refractivity contribution in [1.29, 1.82) is 0 Å². The van der Waals surface area contributed by atoms with Crippen molar-refractivity contribution in [2.24, 2.45) is 0 Å². The first-order valence-electron chi connectivity index (χ1n) is 10.9. The van der Waals surface area contributed by atoms with Crippen LogP contribution in [0.15, 0.2) is 79.4 Å². The summed E-state index contributed by atoms with van der Waals surface area (Å²) in [4.78, 5) is 13.4. The van der Waals surface area contributed by atoms with Gasteiger partial charge in [0.1, 0.15) is 5.69 Å². The number of hydrogen-bond acceptors (Lipinski definition) is 3. The molecule has 0 bridgehead atoms. The Morgan fingerprint density at radius 1 is 1.00 bits per heavy atom. The Morgan fingerprint density at radius 3 is 2.31 bits per heavy atom. The molecule has 1 amide bonds. The van der Waals surface area contributed by atoms with Gasteiger partial charge in [0, 0.05) is 22.3 Å². The molecule has 0 unspecified atom stereocenters. The molecule has 2 heterocycles. The molecule has 0 radical (unpaired) electrons. The lowest BCUT2D eigenvalue weighted by atomic mass is 10.1. The molecule has 1 fully saturated rings. The van der Waals surface area contributed by atoms with Crippen LogP contribution in [0.5, 0.6) is 0 Å². The van der Waals surface area contributed by atoms with Crippen LogP contribution in [-0.2, 0) is 11.0 Å². The molecule has 0 saturated carbocycles. The molecule has 184 valence electrons. The van der Waals surface area contributed by atoms with Gasteiger partial charge in [0.15, 0.2) is 0 Å². The smallest absolute Gasteiger partial charge is 0.359 e. The standard InChI is InChI=1S/C26H19F5N4O/c1-2-23(36)32-18-11-19(34-14-25(27,28)15-34)13-20(12-18)35-22-6-4-3-5-21(22)24(33-35)16-7-9-17(10-8-16)26(29,30)31/h2-13H,1,14-15H2,(H,32,36). The molecule has 10 heteroatoms. The maximum atomic E-state index is 13.6. The first-order valence-corrected chi connectivity index (χ1v) is 10.9. The summed E-state index contributed by atoms with van der Waals surface area (Å²) in [6, 6.07) is 16.8. The largest absolute Gasteiger partial charge is 0.416 e. The quantitative estimate of drug-likeness (QED) is 0.260. The van der Waals surface area contributed by atoms with Crippen molar-refractivity contribution in [3.8, 4) is 16.9 Å². The lowest BCUT2D eigenvalue weighted by molar-refractivity contribution is -0.137. The van der Waals surface area contributed by atoms with Crippen LogP contribution in [0.1, 0.15) is 5.56 Å². The molecule has 4 aromatic rings. The Labute approximate surface area is 202 Å². The van der Waals surface area contributed by atoms with Gasteiger partial charge in [0.25, 0.3) is 5.92 Å². The van der Waals surface area contributed by atoms with Crippen molar-refractivity contribution >= 4 is 28.2 Å². The first-order chi connectivity index (χ1) is 17.0. The molecular formula is C26H19F5N4O. The summed E-state index contributed by atoms with van der Waals surface area (Å²) in [6.45, 7) is 2.52. The second-order valence-corrected chi connectivity index (χ2v) is 8.50. The number of nitrogens with one attached hydrogen (secondary N) is 1. The molecule has 3 aromatic carbocycles.